The van der Waals surface area contributed by atoms with Gasteiger partial charge in [-0.1, -0.05) is 41.9 Å². The Kier molecular flexibility index (Phi) is 3.06. The summed E-state index contributed by atoms with van der Waals surface area (Å²) in [5, 5.41) is 0.670. The van der Waals surface area contributed by atoms with Crippen molar-refractivity contribution in [2.75, 3.05) is 0 Å². The molecule has 1 aliphatic carbocycles. The Morgan fingerprint density at radius 1 is 1.17 bits per heavy atom. The van der Waals surface area contributed by atoms with Gasteiger partial charge in [0.05, 0.1) is 16.8 Å². The molecule has 0 amide bonds. The van der Waals surface area contributed by atoms with E-state index in [2.05, 4.69) is 29.2 Å². The third kappa shape index (κ3) is 2.14. The Balaban J connectivity index is 1.77. The summed E-state index contributed by atoms with van der Waals surface area (Å²) < 4.78 is 0. The zero-order chi connectivity index (χ0) is 12.5. The maximum atomic E-state index is 6.28. The van der Waals surface area contributed by atoms with Gasteiger partial charge in [0.15, 0.2) is 0 Å². The van der Waals surface area contributed by atoms with Crippen molar-refractivity contribution >= 4 is 11.6 Å². The van der Waals surface area contributed by atoms with Gasteiger partial charge in [-0.2, -0.15) is 0 Å². The molecular weight excluding hydrogens is 244 g/mol. The second-order valence-corrected chi connectivity index (χ2v) is 5.22. The molecule has 0 spiro atoms. The summed E-state index contributed by atoms with van der Waals surface area (Å²) in [4.78, 5) is 4.31. The summed E-state index contributed by atoms with van der Waals surface area (Å²) in [6, 6.07) is 14.1. The molecule has 3 unspecified atom stereocenters. The lowest BCUT2D eigenvalue weighted by Crippen LogP contribution is -2.15. The fourth-order valence-corrected chi connectivity index (χ4v) is 2.79. The van der Waals surface area contributed by atoms with Crippen LogP contribution in [0.15, 0.2) is 48.7 Å². The molecule has 18 heavy (non-hydrogen) atoms. The van der Waals surface area contributed by atoms with Crippen molar-refractivity contribution in [2.45, 2.75) is 18.4 Å². The van der Waals surface area contributed by atoms with Crippen LogP contribution in [0.3, 0.4) is 0 Å². The smallest absolute Gasteiger partial charge is 0.0759 e. The quantitative estimate of drug-likeness (QED) is 0.915. The minimum Gasteiger partial charge on any atom is -0.322 e. The largest absolute Gasteiger partial charge is 0.322 e. The summed E-state index contributed by atoms with van der Waals surface area (Å²) in [7, 11) is 0. The van der Waals surface area contributed by atoms with Gasteiger partial charge in [0.25, 0.3) is 0 Å². The lowest BCUT2D eigenvalue weighted by molar-refractivity contribution is 0.599. The molecule has 0 bridgehead atoms. The number of aromatic nitrogens is 1. The van der Waals surface area contributed by atoms with Crippen LogP contribution in [-0.2, 0) is 0 Å². The van der Waals surface area contributed by atoms with Gasteiger partial charge in [-0.05, 0) is 36.0 Å². The van der Waals surface area contributed by atoms with Crippen molar-refractivity contribution < 1.29 is 0 Å². The van der Waals surface area contributed by atoms with E-state index < -0.39 is 0 Å². The summed E-state index contributed by atoms with van der Waals surface area (Å²) >= 11 is 6.14. The first-order valence-corrected chi connectivity index (χ1v) is 6.56. The molecule has 92 valence electrons. The van der Waals surface area contributed by atoms with Crippen LogP contribution in [0.2, 0.25) is 5.02 Å². The normalized spacial score (nSPS) is 23.7. The maximum absolute atomic E-state index is 6.28. The highest BCUT2D eigenvalue weighted by Crippen LogP contribution is 2.53. The van der Waals surface area contributed by atoms with Crippen molar-refractivity contribution in [3.05, 3.63) is 64.9 Å². The molecule has 1 heterocycles. The molecule has 3 heteroatoms. The van der Waals surface area contributed by atoms with Crippen LogP contribution < -0.4 is 5.73 Å². The van der Waals surface area contributed by atoms with Crippen molar-refractivity contribution in [2.24, 2.45) is 11.7 Å². The van der Waals surface area contributed by atoms with Gasteiger partial charge in [0.1, 0.15) is 0 Å². The van der Waals surface area contributed by atoms with Crippen LogP contribution in [0.5, 0.6) is 0 Å². The van der Waals surface area contributed by atoms with Crippen molar-refractivity contribution in [1.82, 2.24) is 4.98 Å². The predicted octanol–water partition coefficient (Wildman–Crippen LogP) is 3.54. The van der Waals surface area contributed by atoms with Crippen molar-refractivity contribution in [1.29, 1.82) is 0 Å². The number of halogens is 1. The summed E-state index contributed by atoms with van der Waals surface area (Å²) in [6.45, 7) is 0. The highest BCUT2D eigenvalue weighted by atomic mass is 35.5. The molecule has 1 saturated carbocycles. The van der Waals surface area contributed by atoms with Crippen LogP contribution in [0.25, 0.3) is 0 Å². The SMILES string of the molecule is NC(c1ncccc1Cl)C1CC1c1ccccc1. The van der Waals surface area contributed by atoms with Gasteiger partial charge < -0.3 is 5.73 Å². The molecule has 1 aromatic carbocycles. The fraction of sp³-hybridized carbons (Fsp3) is 0.267. The van der Waals surface area contributed by atoms with E-state index in [4.69, 9.17) is 17.3 Å². The number of rotatable bonds is 3. The van der Waals surface area contributed by atoms with Gasteiger partial charge in [0, 0.05) is 6.20 Å². The molecular formula is C15H15ClN2. The molecule has 2 aromatic rings. The second-order valence-electron chi connectivity index (χ2n) is 4.81. The lowest BCUT2D eigenvalue weighted by atomic mass is 10.0. The average molecular weight is 259 g/mol. The maximum Gasteiger partial charge on any atom is 0.0759 e. The Bertz CT molecular complexity index is 541. The van der Waals surface area contributed by atoms with E-state index in [0.29, 0.717) is 16.9 Å². The summed E-state index contributed by atoms with van der Waals surface area (Å²) in [5.74, 6) is 1.01. The Morgan fingerprint density at radius 2 is 1.94 bits per heavy atom. The van der Waals surface area contributed by atoms with Crippen LogP contribution in [0.1, 0.15) is 29.6 Å². The first-order valence-electron chi connectivity index (χ1n) is 6.18. The molecule has 0 radical (unpaired) electrons. The molecule has 2 N–H and O–H groups in total. The molecule has 1 fully saturated rings. The highest BCUT2D eigenvalue weighted by molar-refractivity contribution is 6.31. The lowest BCUT2D eigenvalue weighted by Gasteiger charge is -2.12. The zero-order valence-corrected chi connectivity index (χ0v) is 10.7. The monoisotopic (exact) mass is 258 g/mol. The minimum absolute atomic E-state index is 0.0658. The third-order valence-electron chi connectivity index (χ3n) is 3.63. The Morgan fingerprint density at radius 3 is 2.67 bits per heavy atom. The minimum atomic E-state index is -0.0658. The number of nitrogens with two attached hydrogens (primary N) is 1. The molecule has 3 rings (SSSR count). The number of hydrogen-bond acceptors (Lipinski definition) is 2. The van der Waals surface area contributed by atoms with Gasteiger partial charge in [0.2, 0.25) is 0 Å². The van der Waals surface area contributed by atoms with Crippen molar-refractivity contribution in [3.63, 3.8) is 0 Å². The van der Waals surface area contributed by atoms with Crippen LogP contribution in [0, 0.1) is 5.92 Å². The van der Waals surface area contributed by atoms with E-state index in [0.717, 1.165) is 12.1 Å². The zero-order valence-electron chi connectivity index (χ0n) is 9.96. The van der Waals surface area contributed by atoms with E-state index in [1.165, 1.54) is 5.56 Å². The first-order chi connectivity index (χ1) is 8.77. The second kappa shape index (κ2) is 4.71. The molecule has 0 aliphatic heterocycles. The van der Waals surface area contributed by atoms with Crippen LogP contribution >= 0.6 is 11.6 Å². The standard InChI is InChI=1S/C15H15ClN2/c16-13-7-4-8-18-15(13)14(17)12-9-11(12)10-5-2-1-3-6-10/h1-8,11-12,14H,9,17H2. The molecule has 3 atom stereocenters. The number of nitrogens with zero attached hydrogens (tertiary/aromatic N) is 1. The van der Waals surface area contributed by atoms with E-state index in [9.17, 15) is 0 Å². The molecule has 2 nitrogen and oxygen atoms in total. The number of pyridine rings is 1. The van der Waals surface area contributed by atoms with Gasteiger partial charge in [-0.15, -0.1) is 0 Å². The third-order valence-corrected chi connectivity index (χ3v) is 3.95. The highest BCUT2D eigenvalue weighted by Gasteiger charge is 2.43. The van der Waals surface area contributed by atoms with Gasteiger partial charge in [-0.3, -0.25) is 4.98 Å². The van der Waals surface area contributed by atoms with E-state index in [1.807, 2.05) is 18.2 Å². The van der Waals surface area contributed by atoms with E-state index in [-0.39, 0.29) is 6.04 Å². The first kappa shape index (κ1) is 11.7. The van der Waals surface area contributed by atoms with Crippen LogP contribution in [0.4, 0.5) is 0 Å². The Hall–Kier alpha value is -1.38. The van der Waals surface area contributed by atoms with E-state index >= 15 is 0 Å². The molecule has 0 saturated heterocycles. The number of hydrogen-bond donors (Lipinski definition) is 1. The number of benzene rings is 1. The van der Waals surface area contributed by atoms with Crippen molar-refractivity contribution in [3.8, 4) is 0 Å². The molecule has 1 aromatic heterocycles. The van der Waals surface area contributed by atoms with Gasteiger partial charge in [-0.25, -0.2) is 0 Å². The molecule has 1 aliphatic rings. The van der Waals surface area contributed by atoms with Crippen LogP contribution in [-0.4, -0.2) is 4.98 Å². The van der Waals surface area contributed by atoms with E-state index in [1.54, 1.807) is 6.20 Å². The predicted molar refractivity (Wildman–Crippen MR) is 73.5 cm³/mol. The topological polar surface area (TPSA) is 38.9 Å². The van der Waals surface area contributed by atoms with Gasteiger partial charge >= 0.3 is 0 Å². The summed E-state index contributed by atoms with van der Waals surface area (Å²) in [6.07, 6.45) is 2.87. The fourth-order valence-electron chi connectivity index (χ4n) is 2.54. The Labute approximate surface area is 112 Å². The average Bonchev–Trinajstić information content (AvgIpc) is 3.20. The summed E-state index contributed by atoms with van der Waals surface area (Å²) in [5.41, 5.74) is 8.47.